The highest BCUT2D eigenvalue weighted by Crippen LogP contribution is 1.79. The van der Waals surface area contributed by atoms with E-state index in [0.717, 1.165) is 0 Å². The smallest absolute Gasteiger partial charge is 0.305 e. The summed E-state index contributed by atoms with van der Waals surface area (Å²) in [7, 11) is 0. The van der Waals surface area contributed by atoms with E-state index in [4.69, 9.17) is 5.11 Å². The summed E-state index contributed by atoms with van der Waals surface area (Å²) < 4.78 is 0. The first kappa shape index (κ1) is 8.49. The SMILES string of the molecule is O=C(O)CCNC=CBr. The molecule has 0 atom stereocenters. The molecule has 0 saturated carbocycles. The summed E-state index contributed by atoms with van der Waals surface area (Å²) in [6, 6.07) is 0. The molecule has 9 heavy (non-hydrogen) atoms. The van der Waals surface area contributed by atoms with E-state index in [1.165, 1.54) is 0 Å². The molecule has 0 aromatic rings. The molecule has 0 rings (SSSR count). The molecule has 0 heterocycles. The van der Waals surface area contributed by atoms with Crippen molar-refractivity contribution in [1.82, 2.24) is 5.32 Å². The zero-order valence-electron chi connectivity index (χ0n) is 4.80. The second kappa shape index (κ2) is 5.62. The van der Waals surface area contributed by atoms with Crippen LogP contribution in [-0.4, -0.2) is 17.6 Å². The van der Waals surface area contributed by atoms with Crippen LogP contribution in [0.3, 0.4) is 0 Å². The van der Waals surface area contributed by atoms with Gasteiger partial charge in [0.1, 0.15) is 0 Å². The quantitative estimate of drug-likeness (QED) is 0.654. The molecule has 0 saturated heterocycles. The molecule has 0 aliphatic carbocycles. The van der Waals surface area contributed by atoms with E-state index in [0.29, 0.717) is 6.54 Å². The van der Waals surface area contributed by atoms with Crippen LogP contribution < -0.4 is 5.32 Å². The molecule has 0 bridgehead atoms. The number of nitrogens with one attached hydrogen (secondary N) is 1. The largest absolute Gasteiger partial charge is 0.481 e. The Hall–Kier alpha value is -0.510. The molecule has 0 aliphatic heterocycles. The number of carboxylic acids is 1. The molecule has 4 heteroatoms. The van der Waals surface area contributed by atoms with Gasteiger partial charge in [0.2, 0.25) is 0 Å². The number of rotatable bonds is 4. The van der Waals surface area contributed by atoms with Crippen LogP contribution in [0.25, 0.3) is 0 Å². The van der Waals surface area contributed by atoms with Crippen molar-refractivity contribution >= 4 is 21.9 Å². The monoisotopic (exact) mass is 193 g/mol. The normalized spacial score (nSPS) is 9.89. The second-order valence-corrected chi connectivity index (χ2v) is 1.92. The Morgan fingerprint density at radius 3 is 2.89 bits per heavy atom. The third-order valence-corrected chi connectivity index (χ3v) is 0.928. The van der Waals surface area contributed by atoms with Gasteiger partial charge in [-0.2, -0.15) is 0 Å². The third-order valence-electron chi connectivity index (χ3n) is 0.664. The summed E-state index contributed by atoms with van der Waals surface area (Å²) in [4.78, 5) is 11.5. The third kappa shape index (κ3) is 7.49. The van der Waals surface area contributed by atoms with E-state index in [9.17, 15) is 4.79 Å². The predicted octanol–water partition coefficient (Wildman–Crippen LogP) is 0.917. The molecule has 2 N–H and O–H groups in total. The topological polar surface area (TPSA) is 49.3 Å². The Kier molecular flexibility index (Phi) is 5.30. The van der Waals surface area contributed by atoms with Crippen molar-refractivity contribution in [2.24, 2.45) is 0 Å². The maximum Gasteiger partial charge on any atom is 0.305 e. The molecule has 0 aromatic carbocycles. The maximum absolute atomic E-state index is 9.89. The van der Waals surface area contributed by atoms with Crippen LogP contribution in [0, 0.1) is 0 Å². The van der Waals surface area contributed by atoms with Crippen LogP contribution in [0.2, 0.25) is 0 Å². The average Bonchev–Trinajstić information content (AvgIpc) is 1.80. The van der Waals surface area contributed by atoms with E-state index in [1.807, 2.05) is 0 Å². The van der Waals surface area contributed by atoms with Crippen molar-refractivity contribution < 1.29 is 9.90 Å². The summed E-state index contributed by atoms with van der Waals surface area (Å²) in [6.45, 7) is 0.470. The highest BCUT2D eigenvalue weighted by molar-refractivity contribution is 9.11. The van der Waals surface area contributed by atoms with Gasteiger partial charge in [-0.3, -0.25) is 4.79 Å². The predicted molar refractivity (Wildman–Crippen MR) is 38.3 cm³/mol. The van der Waals surface area contributed by atoms with Crippen LogP contribution in [0.4, 0.5) is 0 Å². The second-order valence-electron chi connectivity index (χ2n) is 1.39. The van der Waals surface area contributed by atoms with Gasteiger partial charge in [0.25, 0.3) is 0 Å². The minimum atomic E-state index is -0.787. The zero-order valence-corrected chi connectivity index (χ0v) is 6.39. The van der Waals surface area contributed by atoms with Gasteiger partial charge in [-0.1, -0.05) is 15.9 Å². The molecule has 0 amide bonds. The summed E-state index contributed by atoms with van der Waals surface area (Å²) in [5, 5.41) is 10.9. The van der Waals surface area contributed by atoms with Crippen LogP contribution >= 0.6 is 15.9 Å². The minimum Gasteiger partial charge on any atom is -0.481 e. The first-order chi connectivity index (χ1) is 4.27. The summed E-state index contributed by atoms with van der Waals surface area (Å²) in [6.07, 6.45) is 1.79. The van der Waals surface area contributed by atoms with Crippen LogP contribution in [0.1, 0.15) is 6.42 Å². The first-order valence-electron chi connectivity index (χ1n) is 2.48. The lowest BCUT2D eigenvalue weighted by Gasteiger charge is -1.93. The van der Waals surface area contributed by atoms with Gasteiger partial charge in [-0.05, 0) is 4.99 Å². The van der Waals surface area contributed by atoms with Crippen LogP contribution in [0.5, 0.6) is 0 Å². The van der Waals surface area contributed by atoms with Crippen molar-refractivity contribution in [2.45, 2.75) is 6.42 Å². The average molecular weight is 194 g/mol. The Morgan fingerprint density at radius 1 is 1.78 bits per heavy atom. The summed E-state index contributed by atoms with van der Waals surface area (Å²) in [5.41, 5.74) is 0. The molecular weight excluding hydrogens is 186 g/mol. The standard InChI is InChI=1S/C5H8BrNO2/c6-2-4-7-3-1-5(8)9/h2,4,7H,1,3H2,(H,8,9). The summed E-state index contributed by atoms with van der Waals surface area (Å²) in [5.74, 6) is -0.787. The number of aliphatic carboxylic acids is 1. The molecule has 0 aliphatic rings. The lowest BCUT2D eigenvalue weighted by molar-refractivity contribution is -0.136. The highest BCUT2D eigenvalue weighted by atomic mass is 79.9. The molecule has 0 spiro atoms. The van der Waals surface area contributed by atoms with E-state index >= 15 is 0 Å². The van der Waals surface area contributed by atoms with Crippen molar-refractivity contribution in [2.75, 3.05) is 6.54 Å². The minimum absolute atomic E-state index is 0.150. The molecule has 3 nitrogen and oxygen atoms in total. The fourth-order valence-electron chi connectivity index (χ4n) is 0.307. The van der Waals surface area contributed by atoms with E-state index in [2.05, 4.69) is 21.2 Å². The van der Waals surface area contributed by atoms with Gasteiger partial charge in [0.15, 0.2) is 0 Å². The lowest BCUT2D eigenvalue weighted by atomic mass is 10.4. The Morgan fingerprint density at radius 2 is 2.44 bits per heavy atom. The number of carbonyl (C=O) groups is 1. The van der Waals surface area contributed by atoms with Crippen molar-refractivity contribution in [1.29, 1.82) is 0 Å². The van der Waals surface area contributed by atoms with E-state index in [1.54, 1.807) is 11.2 Å². The highest BCUT2D eigenvalue weighted by Gasteiger charge is 1.91. The van der Waals surface area contributed by atoms with Crippen LogP contribution in [0.15, 0.2) is 11.2 Å². The molecular formula is C5H8BrNO2. The lowest BCUT2D eigenvalue weighted by Crippen LogP contribution is -2.10. The summed E-state index contributed by atoms with van der Waals surface area (Å²) >= 11 is 3.03. The van der Waals surface area contributed by atoms with E-state index in [-0.39, 0.29) is 6.42 Å². The molecule has 0 aromatic heterocycles. The van der Waals surface area contributed by atoms with Crippen molar-refractivity contribution in [3.63, 3.8) is 0 Å². The number of halogens is 1. The van der Waals surface area contributed by atoms with Gasteiger partial charge in [-0.15, -0.1) is 0 Å². The fraction of sp³-hybridized carbons (Fsp3) is 0.400. The molecule has 0 unspecified atom stereocenters. The van der Waals surface area contributed by atoms with Gasteiger partial charge < -0.3 is 10.4 Å². The molecule has 52 valence electrons. The number of hydrogen-bond donors (Lipinski definition) is 2. The van der Waals surface area contributed by atoms with Crippen molar-refractivity contribution in [3.05, 3.63) is 11.2 Å². The molecule has 0 fully saturated rings. The zero-order chi connectivity index (χ0) is 7.11. The number of hydrogen-bond acceptors (Lipinski definition) is 2. The van der Waals surface area contributed by atoms with Crippen molar-refractivity contribution in [3.8, 4) is 0 Å². The fourth-order valence-corrected chi connectivity index (χ4v) is 0.494. The Labute approximate surface area is 61.9 Å². The Balaban J connectivity index is 3.01. The van der Waals surface area contributed by atoms with Gasteiger partial charge in [-0.25, -0.2) is 0 Å². The molecule has 0 radical (unpaired) electrons. The van der Waals surface area contributed by atoms with Gasteiger partial charge in [0.05, 0.1) is 6.42 Å². The first-order valence-corrected chi connectivity index (χ1v) is 3.39. The maximum atomic E-state index is 9.89. The van der Waals surface area contributed by atoms with E-state index < -0.39 is 5.97 Å². The number of carboxylic acid groups (broad SMARTS) is 1. The van der Waals surface area contributed by atoms with Gasteiger partial charge in [0, 0.05) is 12.7 Å². The van der Waals surface area contributed by atoms with Crippen LogP contribution in [-0.2, 0) is 4.79 Å². The Bertz CT molecular complexity index is 114. The van der Waals surface area contributed by atoms with Gasteiger partial charge >= 0.3 is 5.97 Å².